The van der Waals surface area contributed by atoms with Gasteiger partial charge in [0.1, 0.15) is 5.69 Å². The molecule has 3 rings (SSSR count). The van der Waals surface area contributed by atoms with E-state index in [0.29, 0.717) is 18.2 Å². The van der Waals surface area contributed by atoms with Crippen molar-refractivity contribution in [1.82, 2.24) is 4.57 Å². The predicted octanol–water partition coefficient (Wildman–Crippen LogP) is 3.00. The first-order valence-corrected chi connectivity index (χ1v) is 6.69. The predicted molar refractivity (Wildman–Crippen MR) is 73.3 cm³/mol. The number of esters is 1. The summed E-state index contributed by atoms with van der Waals surface area (Å²) in [6, 6.07) is 12.2. The topological polar surface area (TPSA) is 31.2 Å². The lowest BCUT2D eigenvalue weighted by molar-refractivity contribution is 0.0513. The Morgan fingerprint density at radius 2 is 2.16 bits per heavy atom. The Balaban J connectivity index is 1.76. The molecule has 1 unspecified atom stereocenters. The van der Waals surface area contributed by atoms with Gasteiger partial charge in [0.15, 0.2) is 0 Å². The molecule has 1 aromatic carbocycles. The summed E-state index contributed by atoms with van der Waals surface area (Å²) in [5.74, 6) is 0.275. The zero-order chi connectivity index (χ0) is 13.2. The number of hydrogen-bond donors (Lipinski definition) is 0. The van der Waals surface area contributed by atoms with E-state index < -0.39 is 0 Å². The van der Waals surface area contributed by atoms with Crippen LogP contribution in [0.3, 0.4) is 0 Å². The Morgan fingerprint density at radius 1 is 1.32 bits per heavy atom. The number of carbonyl (C=O) groups is 1. The van der Waals surface area contributed by atoms with Crippen molar-refractivity contribution in [2.24, 2.45) is 0 Å². The lowest BCUT2D eigenvalue weighted by atomic mass is 9.77. The van der Waals surface area contributed by atoms with Crippen LogP contribution in [0.1, 0.15) is 34.5 Å². The fourth-order valence-corrected chi connectivity index (χ4v) is 2.73. The molecule has 3 nitrogen and oxygen atoms in total. The zero-order valence-corrected chi connectivity index (χ0v) is 11.0. The molecule has 0 aliphatic heterocycles. The molecular weight excluding hydrogens is 238 g/mol. The standard InChI is InChI=1S/C16H17NO2/c1-2-19-16(18)15-8-5-9-17(15)11-13-10-12-6-3-4-7-14(12)13/h3-9,13H,2,10-11H2,1H3. The largest absolute Gasteiger partial charge is 0.461 e. The van der Waals surface area contributed by atoms with E-state index in [-0.39, 0.29) is 5.97 Å². The van der Waals surface area contributed by atoms with E-state index in [9.17, 15) is 4.79 Å². The minimum atomic E-state index is -0.236. The summed E-state index contributed by atoms with van der Waals surface area (Å²) in [5, 5.41) is 0. The maximum atomic E-state index is 11.8. The first kappa shape index (κ1) is 12.0. The summed E-state index contributed by atoms with van der Waals surface area (Å²) in [6.07, 6.45) is 3.05. The molecule has 0 radical (unpaired) electrons. The van der Waals surface area contributed by atoms with Crippen molar-refractivity contribution in [1.29, 1.82) is 0 Å². The zero-order valence-electron chi connectivity index (χ0n) is 11.0. The molecule has 1 aliphatic carbocycles. The first-order valence-electron chi connectivity index (χ1n) is 6.69. The summed E-state index contributed by atoms with van der Waals surface area (Å²) in [6.45, 7) is 3.09. The van der Waals surface area contributed by atoms with Gasteiger partial charge in [-0.05, 0) is 36.6 Å². The van der Waals surface area contributed by atoms with Gasteiger partial charge >= 0.3 is 5.97 Å². The molecular formula is C16H17NO2. The molecule has 1 heterocycles. The number of nitrogens with zero attached hydrogens (tertiary/aromatic N) is 1. The quantitative estimate of drug-likeness (QED) is 0.786. The van der Waals surface area contributed by atoms with Crippen molar-refractivity contribution in [2.45, 2.75) is 25.8 Å². The van der Waals surface area contributed by atoms with Gasteiger partial charge in [-0.3, -0.25) is 0 Å². The third-order valence-corrected chi connectivity index (χ3v) is 3.69. The van der Waals surface area contributed by atoms with E-state index in [1.54, 1.807) is 0 Å². The highest BCUT2D eigenvalue weighted by molar-refractivity contribution is 5.87. The average Bonchev–Trinajstić information content (AvgIpc) is 2.84. The average molecular weight is 255 g/mol. The minimum Gasteiger partial charge on any atom is -0.461 e. The second-order valence-electron chi connectivity index (χ2n) is 4.87. The smallest absolute Gasteiger partial charge is 0.354 e. The lowest BCUT2D eigenvalue weighted by Gasteiger charge is -2.30. The SMILES string of the molecule is CCOC(=O)c1cccn1CC1Cc2ccccc21. The summed E-state index contributed by atoms with van der Waals surface area (Å²) in [5.41, 5.74) is 3.48. The van der Waals surface area contributed by atoms with Crippen molar-refractivity contribution >= 4 is 5.97 Å². The van der Waals surface area contributed by atoms with Gasteiger partial charge < -0.3 is 9.30 Å². The number of ether oxygens (including phenoxy) is 1. The van der Waals surface area contributed by atoms with E-state index >= 15 is 0 Å². The van der Waals surface area contributed by atoms with E-state index in [1.165, 1.54) is 11.1 Å². The van der Waals surface area contributed by atoms with Crippen LogP contribution < -0.4 is 0 Å². The van der Waals surface area contributed by atoms with E-state index in [0.717, 1.165) is 13.0 Å². The van der Waals surface area contributed by atoms with Crippen molar-refractivity contribution in [2.75, 3.05) is 6.61 Å². The molecule has 98 valence electrons. The summed E-state index contributed by atoms with van der Waals surface area (Å²) < 4.78 is 7.07. The highest BCUT2D eigenvalue weighted by atomic mass is 16.5. The molecule has 0 saturated carbocycles. The molecule has 0 N–H and O–H groups in total. The number of fused-ring (bicyclic) bond motifs is 1. The van der Waals surface area contributed by atoms with Gasteiger partial charge in [0.2, 0.25) is 0 Å². The molecule has 0 saturated heterocycles. The first-order chi connectivity index (χ1) is 9.29. The van der Waals surface area contributed by atoms with Crippen LogP contribution in [0.2, 0.25) is 0 Å². The van der Waals surface area contributed by atoms with E-state index in [2.05, 4.69) is 24.3 Å². The molecule has 1 atom stereocenters. The van der Waals surface area contributed by atoms with Crippen molar-refractivity contribution in [3.8, 4) is 0 Å². The summed E-state index contributed by atoms with van der Waals surface area (Å²) >= 11 is 0. The van der Waals surface area contributed by atoms with Gasteiger partial charge in [-0.15, -0.1) is 0 Å². The minimum absolute atomic E-state index is 0.236. The normalized spacial score (nSPS) is 16.6. The van der Waals surface area contributed by atoms with E-state index in [4.69, 9.17) is 4.74 Å². The van der Waals surface area contributed by atoms with Crippen LogP contribution in [0.4, 0.5) is 0 Å². The summed E-state index contributed by atoms with van der Waals surface area (Å²) in [4.78, 5) is 11.8. The van der Waals surface area contributed by atoms with Crippen LogP contribution in [0.25, 0.3) is 0 Å². The third-order valence-electron chi connectivity index (χ3n) is 3.69. The second kappa shape index (κ2) is 4.92. The van der Waals surface area contributed by atoms with Crippen LogP contribution >= 0.6 is 0 Å². The van der Waals surface area contributed by atoms with Gasteiger partial charge in [-0.1, -0.05) is 24.3 Å². The fourth-order valence-electron chi connectivity index (χ4n) is 2.73. The van der Waals surface area contributed by atoms with Gasteiger partial charge in [0.05, 0.1) is 6.61 Å². The Kier molecular flexibility index (Phi) is 3.11. The highest BCUT2D eigenvalue weighted by Crippen LogP contribution is 2.36. The lowest BCUT2D eigenvalue weighted by Crippen LogP contribution is -2.23. The number of rotatable bonds is 4. The van der Waals surface area contributed by atoms with Gasteiger partial charge in [-0.25, -0.2) is 4.79 Å². The van der Waals surface area contributed by atoms with Gasteiger partial charge in [-0.2, -0.15) is 0 Å². The van der Waals surface area contributed by atoms with Crippen LogP contribution in [0.5, 0.6) is 0 Å². The highest BCUT2D eigenvalue weighted by Gasteiger charge is 2.26. The van der Waals surface area contributed by atoms with Crippen LogP contribution in [-0.2, 0) is 17.7 Å². The van der Waals surface area contributed by atoms with E-state index in [1.807, 2.05) is 29.8 Å². The van der Waals surface area contributed by atoms with Crippen LogP contribution in [0.15, 0.2) is 42.6 Å². The molecule has 0 amide bonds. The Hall–Kier alpha value is -2.03. The van der Waals surface area contributed by atoms with Crippen molar-refractivity contribution < 1.29 is 9.53 Å². The number of benzene rings is 1. The van der Waals surface area contributed by atoms with Crippen molar-refractivity contribution in [3.63, 3.8) is 0 Å². The molecule has 1 aromatic heterocycles. The third kappa shape index (κ3) is 2.16. The van der Waals surface area contributed by atoms with Gasteiger partial charge in [0, 0.05) is 18.7 Å². The number of hydrogen-bond acceptors (Lipinski definition) is 2. The van der Waals surface area contributed by atoms with Crippen LogP contribution in [0, 0.1) is 0 Å². The Bertz CT molecular complexity index is 600. The molecule has 1 aliphatic rings. The maximum absolute atomic E-state index is 11.8. The van der Waals surface area contributed by atoms with Crippen LogP contribution in [-0.4, -0.2) is 17.1 Å². The maximum Gasteiger partial charge on any atom is 0.354 e. The summed E-state index contributed by atoms with van der Waals surface area (Å²) in [7, 11) is 0. The number of aromatic nitrogens is 1. The Labute approximate surface area is 112 Å². The fraction of sp³-hybridized carbons (Fsp3) is 0.312. The molecule has 2 aromatic rings. The van der Waals surface area contributed by atoms with Gasteiger partial charge in [0.25, 0.3) is 0 Å². The van der Waals surface area contributed by atoms with Crippen molar-refractivity contribution in [3.05, 3.63) is 59.4 Å². The number of carbonyl (C=O) groups excluding carboxylic acids is 1. The molecule has 0 spiro atoms. The second-order valence-corrected chi connectivity index (χ2v) is 4.87. The Morgan fingerprint density at radius 3 is 2.95 bits per heavy atom. The molecule has 0 bridgehead atoms. The monoisotopic (exact) mass is 255 g/mol. The molecule has 19 heavy (non-hydrogen) atoms. The molecule has 3 heteroatoms. The molecule has 0 fully saturated rings.